The molecule has 2 heteroatoms. The van der Waals surface area contributed by atoms with Gasteiger partial charge in [-0.3, -0.25) is 0 Å². The van der Waals surface area contributed by atoms with E-state index < -0.39 is 0 Å². The van der Waals surface area contributed by atoms with Gasteiger partial charge in [0, 0.05) is 18.6 Å². The SMILES string of the molecule is CCC1(C=O)CCOCC1. The first kappa shape index (κ1) is 7.73. The molecule has 0 atom stereocenters. The molecule has 1 heterocycles. The van der Waals surface area contributed by atoms with Crippen LogP contribution in [-0.4, -0.2) is 19.5 Å². The molecule has 1 aliphatic rings. The standard InChI is InChI=1S/C8H14O2/c1-2-8(7-9)3-5-10-6-4-8/h7H,2-6H2,1H3. The van der Waals surface area contributed by atoms with Crippen molar-refractivity contribution >= 4 is 6.29 Å². The number of carbonyl (C=O) groups excluding carboxylic acids is 1. The third kappa shape index (κ3) is 1.37. The van der Waals surface area contributed by atoms with E-state index in [-0.39, 0.29) is 5.41 Å². The molecule has 0 aromatic heterocycles. The molecule has 10 heavy (non-hydrogen) atoms. The molecule has 0 aliphatic carbocycles. The third-order valence-corrected chi connectivity index (χ3v) is 2.44. The highest BCUT2D eigenvalue weighted by molar-refractivity contribution is 5.59. The van der Waals surface area contributed by atoms with Crippen molar-refractivity contribution in [2.45, 2.75) is 26.2 Å². The summed E-state index contributed by atoms with van der Waals surface area (Å²) in [5.74, 6) is 0. The molecule has 0 aromatic carbocycles. The van der Waals surface area contributed by atoms with E-state index in [1.54, 1.807) is 0 Å². The number of aldehydes is 1. The lowest BCUT2D eigenvalue weighted by Gasteiger charge is -2.30. The number of ether oxygens (including phenoxy) is 1. The quantitative estimate of drug-likeness (QED) is 0.545. The Bertz CT molecular complexity index is 114. The molecule has 0 bridgehead atoms. The summed E-state index contributed by atoms with van der Waals surface area (Å²) in [6, 6.07) is 0. The van der Waals surface area contributed by atoms with E-state index in [0.717, 1.165) is 38.8 Å². The highest BCUT2D eigenvalue weighted by Crippen LogP contribution is 2.30. The summed E-state index contributed by atoms with van der Waals surface area (Å²) >= 11 is 0. The van der Waals surface area contributed by atoms with Crippen molar-refractivity contribution in [3.63, 3.8) is 0 Å². The fourth-order valence-corrected chi connectivity index (χ4v) is 1.33. The Hall–Kier alpha value is -0.370. The highest BCUT2D eigenvalue weighted by Gasteiger charge is 2.29. The van der Waals surface area contributed by atoms with E-state index in [2.05, 4.69) is 6.92 Å². The summed E-state index contributed by atoms with van der Waals surface area (Å²) in [4.78, 5) is 10.7. The zero-order valence-corrected chi connectivity index (χ0v) is 6.43. The average Bonchev–Trinajstić information content (AvgIpc) is 2.06. The normalized spacial score (nSPS) is 24.1. The van der Waals surface area contributed by atoms with E-state index >= 15 is 0 Å². The topological polar surface area (TPSA) is 26.3 Å². The molecule has 0 unspecified atom stereocenters. The van der Waals surface area contributed by atoms with Crippen LogP contribution in [0.3, 0.4) is 0 Å². The predicted molar refractivity (Wildman–Crippen MR) is 38.8 cm³/mol. The first-order valence-corrected chi connectivity index (χ1v) is 3.87. The van der Waals surface area contributed by atoms with Gasteiger partial charge in [0.15, 0.2) is 0 Å². The predicted octanol–water partition coefficient (Wildman–Crippen LogP) is 1.39. The van der Waals surface area contributed by atoms with Crippen molar-refractivity contribution in [1.82, 2.24) is 0 Å². The summed E-state index contributed by atoms with van der Waals surface area (Å²) < 4.78 is 5.17. The lowest BCUT2D eigenvalue weighted by molar-refractivity contribution is -0.121. The molecule has 0 amide bonds. The van der Waals surface area contributed by atoms with Crippen LogP contribution in [0.4, 0.5) is 0 Å². The van der Waals surface area contributed by atoms with Gasteiger partial charge in [-0.25, -0.2) is 0 Å². The molecule has 1 fully saturated rings. The molecule has 58 valence electrons. The van der Waals surface area contributed by atoms with Crippen LogP contribution in [0.2, 0.25) is 0 Å². The first-order chi connectivity index (χ1) is 4.83. The Labute approximate surface area is 61.6 Å². The molecule has 1 aliphatic heterocycles. The minimum atomic E-state index is -0.0434. The monoisotopic (exact) mass is 142 g/mol. The molecule has 0 radical (unpaired) electrons. The fraction of sp³-hybridized carbons (Fsp3) is 0.875. The fourth-order valence-electron chi connectivity index (χ4n) is 1.33. The molecule has 1 saturated heterocycles. The smallest absolute Gasteiger partial charge is 0.126 e. The molecule has 1 rings (SSSR count). The molecular weight excluding hydrogens is 128 g/mol. The van der Waals surface area contributed by atoms with Gasteiger partial charge in [-0.15, -0.1) is 0 Å². The maximum Gasteiger partial charge on any atom is 0.126 e. The number of carbonyl (C=O) groups is 1. The van der Waals surface area contributed by atoms with Crippen LogP contribution in [0.15, 0.2) is 0 Å². The Balaban J connectivity index is 2.52. The third-order valence-electron chi connectivity index (χ3n) is 2.44. The van der Waals surface area contributed by atoms with Gasteiger partial charge < -0.3 is 9.53 Å². The Morgan fingerprint density at radius 3 is 2.40 bits per heavy atom. The number of hydrogen-bond donors (Lipinski definition) is 0. The van der Waals surface area contributed by atoms with Gasteiger partial charge >= 0.3 is 0 Å². The molecule has 2 nitrogen and oxygen atoms in total. The maximum atomic E-state index is 10.7. The molecule has 0 aromatic rings. The van der Waals surface area contributed by atoms with Crippen molar-refractivity contribution in [3.8, 4) is 0 Å². The number of hydrogen-bond acceptors (Lipinski definition) is 2. The van der Waals surface area contributed by atoms with Crippen LogP contribution < -0.4 is 0 Å². The van der Waals surface area contributed by atoms with E-state index in [1.807, 2.05) is 0 Å². The van der Waals surface area contributed by atoms with Crippen molar-refractivity contribution in [2.75, 3.05) is 13.2 Å². The average molecular weight is 142 g/mol. The molecular formula is C8H14O2. The summed E-state index contributed by atoms with van der Waals surface area (Å²) in [6.45, 7) is 3.58. The van der Waals surface area contributed by atoms with Crippen LogP contribution in [0.5, 0.6) is 0 Å². The molecule has 0 saturated carbocycles. The van der Waals surface area contributed by atoms with Gasteiger partial charge in [-0.2, -0.15) is 0 Å². The second kappa shape index (κ2) is 3.15. The van der Waals surface area contributed by atoms with E-state index in [9.17, 15) is 4.79 Å². The van der Waals surface area contributed by atoms with Crippen LogP contribution in [0, 0.1) is 5.41 Å². The minimum Gasteiger partial charge on any atom is -0.381 e. The van der Waals surface area contributed by atoms with Crippen LogP contribution in [-0.2, 0) is 9.53 Å². The van der Waals surface area contributed by atoms with Crippen LogP contribution in [0.1, 0.15) is 26.2 Å². The van der Waals surface area contributed by atoms with Gasteiger partial charge in [-0.05, 0) is 19.3 Å². The summed E-state index contributed by atoms with van der Waals surface area (Å²) in [5.41, 5.74) is -0.0434. The Morgan fingerprint density at radius 2 is 2.10 bits per heavy atom. The van der Waals surface area contributed by atoms with Crippen molar-refractivity contribution < 1.29 is 9.53 Å². The van der Waals surface area contributed by atoms with Crippen molar-refractivity contribution in [1.29, 1.82) is 0 Å². The lowest BCUT2D eigenvalue weighted by atomic mass is 9.79. The molecule has 0 spiro atoms. The first-order valence-electron chi connectivity index (χ1n) is 3.87. The Morgan fingerprint density at radius 1 is 1.50 bits per heavy atom. The summed E-state index contributed by atoms with van der Waals surface area (Å²) in [6.07, 6.45) is 3.88. The van der Waals surface area contributed by atoms with Crippen molar-refractivity contribution in [2.24, 2.45) is 5.41 Å². The number of rotatable bonds is 2. The van der Waals surface area contributed by atoms with E-state index in [1.165, 1.54) is 0 Å². The molecule has 0 N–H and O–H groups in total. The van der Waals surface area contributed by atoms with Gasteiger partial charge in [0.1, 0.15) is 6.29 Å². The Kier molecular flexibility index (Phi) is 2.44. The largest absolute Gasteiger partial charge is 0.381 e. The highest BCUT2D eigenvalue weighted by atomic mass is 16.5. The van der Waals surface area contributed by atoms with Crippen LogP contribution in [0.25, 0.3) is 0 Å². The zero-order chi connectivity index (χ0) is 7.45. The van der Waals surface area contributed by atoms with Crippen LogP contribution >= 0.6 is 0 Å². The second-order valence-corrected chi connectivity index (χ2v) is 2.95. The van der Waals surface area contributed by atoms with Gasteiger partial charge in [0.25, 0.3) is 0 Å². The minimum absolute atomic E-state index is 0.0434. The van der Waals surface area contributed by atoms with Gasteiger partial charge in [0.05, 0.1) is 0 Å². The van der Waals surface area contributed by atoms with E-state index in [0.29, 0.717) is 0 Å². The second-order valence-electron chi connectivity index (χ2n) is 2.95. The summed E-state index contributed by atoms with van der Waals surface area (Å²) in [5, 5.41) is 0. The van der Waals surface area contributed by atoms with E-state index in [4.69, 9.17) is 4.74 Å². The maximum absolute atomic E-state index is 10.7. The lowest BCUT2D eigenvalue weighted by Crippen LogP contribution is -2.30. The summed E-state index contributed by atoms with van der Waals surface area (Å²) in [7, 11) is 0. The van der Waals surface area contributed by atoms with Gasteiger partial charge in [-0.1, -0.05) is 6.92 Å². The van der Waals surface area contributed by atoms with Gasteiger partial charge in [0.2, 0.25) is 0 Å². The zero-order valence-electron chi connectivity index (χ0n) is 6.43. The van der Waals surface area contributed by atoms with Crippen molar-refractivity contribution in [3.05, 3.63) is 0 Å².